The Balaban J connectivity index is 3.14. The fourth-order valence-corrected chi connectivity index (χ4v) is 6.71. The van der Waals surface area contributed by atoms with Gasteiger partial charge in [0.25, 0.3) is 0 Å². The van der Waals surface area contributed by atoms with Crippen LogP contribution in [-0.4, -0.2) is 12.5 Å². The Morgan fingerprint density at radius 2 is 0.500 bits per heavy atom. The van der Waals surface area contributed by atoms with E-state index in [1.807, 2.05) is 0 Å². The van der Waals surface area contributed by atoms with Crippen LogP contribution in [0.25, 0.3) is 0 Å². The standard InChI is InChI=1S/C42H85NO/c1-3-5-7-9-11-13-15-17-19-21-22-23-24-25-26-28-30-32-34-36-38-40-42(44)43-41-39-37-35-33-31-29-27-20-18-16-14-12-10-8-6-4-2/h3-41H2,1-2H3,(H,43,44). The second-order valence-corrected chi connectivity index (χ2v) is 14.5. The van der Waals surface area contributed by atoms with E-state index in [0.29, 0.717) is 0 Å². The first-order valence-corrected chi connectivity index (χ1v) is 21.1. The number of hydrogen-bond donors (Lipinski definition) is 1. The van der Waals surface area contributed by atoms with Gasteiger partial charge < -0.3 is 5.32 Å². The fraction of sp³-hybridized carbons (Fsp3) is 0.976. The molecular weight excluding hydrogens is 534 g/mol. The topological polar surface area (TPSA) is 29.1 Å². The molecule has 0 unspecified atom stereocenters. The van der Waals surface area contributed by atoms with Gasteiger partial charge in [-0.3, -0.25) is 4.79 Å². The van der Waals surface area contributed by atoms with Gasteiger partial charge in [0.1, 0.15) is 0 Å². The molecule has 1 N–H and O–H groups in total. The summed E-state index contributed by atoms with van der Waals surface area (Å²) in [4.78, 5) is 12.1. The molecule has 0 aromatic heterocycles. The highest BCUT2D eigenvalue weighted by Gasteiger charge is 2.01. The average Bonchev–Trinajstić information content (AvgIpc) is 3.03. The normalized spacial score (nSPS) is 11.4. The molecule has 0 rings (SSSR count). The van der Waals surface area contributed by atoms with E-state index in [1.54, 1.807) is 0 Å². The molecule has 2 heteroatoms. The first-order chi connectivity index (χ1) is 21.8. The third-order valence-electron chi connectivity index (χ3n) is 9.86. The van der Waals surface area contributed by atoms with E-state index in [-0.39, 0.29) is 5.91 Å². The van der Waals surface area contributed by atoms with Crippen molar-refractivity contribution >= 4 is 5.91 Å². The molecule has 0 heterocycles. The molecule has 0 aromatic rings. The van der Waals surface area contributed by atoms with Crippen molar-refractivity contribution in [1.29, 1.82) is 0 Å². The quantitative estimate of drug-likeness (QED) is 0.0681. The van der Waals surface area contributed by atoms with Crippen LogP contribution in [0.5, 0.6) is 0 Å². The van der Waals surface area contributed by atoms with Gasteiger partial charge in [-0.1, -0.05) is 239 Å². The third kappa shape index (κ3) is 39.5. The molecule has 0 aliphatic rings. The lowest BCUT2D eigenvalue weighted by molar-refractivity contribution is -0.121. The molecule has 2 nitrogen and oxygen atoms in total. The second kappa shape index (κ2) is 40.5. The zero-order chi connectivity index (χ0) is 31.9. The van der Waals surface area contributed by atoms with Crippen molar-refractivity contribution in [3.63, 3.8) is 0 Å². The minimum absolute atomic E-state index is 0.281. The van der Waals surface area contributed by atoms with Crippen LogP contribution in [0, 0.1) is 0 Å². The molecule has 0 saturated carbocycles. The SMILES string of the molecule is CCCCCCCCCCCCCCCCCCCCCCCC(=O)NCCCCCCCCCCCCCCCCCC. The first kappa shape index (κ1) is 43.5. The number of nitrogens with one attached hydrogen (secondary N) is 1. The van der Waals surface area contributed by atoms with Gasteiger partial charge in [-0.15, -0.1) is 0 Å². The Hall–Kier alpha value is -0.530. The summed E-state index contributed by atoms with van der Waals surface area (Å²) >= 11 is 0. The van der Waals surface area contributed by atoms with E-state index in [2.05, 4.69) is 19.2 Å². The van der Waals surface area contributed by atoms with Crippen molar-refractivity contribution in [2.45, 2.75) is 258 Å². The van der Waals surface area contributed by atoms with Gasteiger partial charge in [-0.2, -0.15) is 0 Å². The predicted octanol–water partition coefficient (Wildman–Crippen LogP) is 15.0. The van der Waals surface area contributed by atoms with Crippen LogP contribution in [0.2, 0.25) is 0 Å². The lowest BCUT2D eigenvalue weighted by atomic mass is 10.0. The Labute approximate surface area is 279 Å². The summed E-state index contributed by atoms with van der Waals surface area (Å²) in [6, 6.07) is 0. The molecule has 0 aliphatic heterocycles. The van der Waals surface area contributed by atoms with Gasteiger partial charge in [-0.05, 0) is 12.8 Å². The van der Waals surface area contributed by atoms with Crippen LogP contribution in [0.4, 0.5) is 0 Å². The summed E-state index contributed by atoms with van der Waals surface area (Å²) in [6.07, 6.45) is 52.7. The first-order valence-electron chi connectivity index (χ1n) is 21.1. The lowest BCUT2D eigenvalue weighted by Crippen LogP contribution is -2.23. The van der Waals surface area contributed by atoms with Crippen LogP contribution in [0.15, 0.2) is 0 Å². The summed E-state index contributed by atoms with van der Waals surface area (Å²) in [5, 5.41) is 3.16. The Bertz CT molecular complexity index is 518. The molecule has 0 bridgehead atoms. The Morgan fingerprint density at radius 1 is 0.295 bits per heavy atom. The van der Waals surface area contributed by atoms with E-state index < -0.39 is 0 Å². The van der Waals surface area contributed by atoms with Crippen molar-refractivity contribution in [1.82, 2.24) is 5.32 Å². The molecule has 0 spiro atoms. The van der Waals surface area contributed by atoms with Crippen LogP contribution < -0.4 is 5.32 Å². The summed E-state index contributed by atoms with van der Waals surface area (Å²) in [7, 11) is 0. The molecule has 0 fully saturated rings. The summed E-state index contributed by atoms with van der Waals surface area (Å²) in [5.41, 5.74) is 0. The molecule has 44 heavy (non-hydrogen) atoms. The Kier molecular flexibility index (Phi) is 40.0. The summed E-state index contributed by atoms with van der Waals surface area (Å²) in [6.45, 7) is 5.48. The van der Waals surface area contributed by atoms with Crippen LogP contribution in [0.1, 0.15) is 258 Å². The largest absolute Gasteiger partial charge is 0.356 e. The summed E-state index contributed by atoms with van der Waals surface area (Å²) in [5.74, 6) is 0.281. The van der Waals surface area contributed by atoms with Crippen LogP contribution >= 0.6 is 0 Å². The lowest BCUT2D eigenvalue weighted by Gasteiger charge is -2.06. The van der Waals surface area contributed by atoms with Crippen molar-refractivity contribution in [3.8, 4) is 0 Å². The molecule has 0 saturated heterocycles. The van der Waals surface area contributed by atoms with E-state index in [9.17, 15) is 4.79 Å². The number of amides is 1. The second-order valence-electron chi connectivity index (χ2n) is 14.5. The fourth-order valence-electron chi connectivity index (χ4n) is 6.71. The van der Waals surface area contributed by atoms with E-state index in [1.165, 1.54) is 225 Å². The molecule has 0 aromatic carbocycles. The van der Waals surface area contributed by atoms with Gasteiger partial charge in [-0.25, -0.2) is 0 Å². The van der Waals surface area contributed by atoms with Crippen molar-refractivity contribution in [2.75, 3.05) is 6.54 Å². The van der Waals surface area contributed by atoms with Gasteiger partial charge in [0.05, 0.1) is 0 Å². The smallest absolute Gasteiger partial charge is 0.219 e. The third-order valence-corrected chi connectivity index (χ3v) is 9.86. The minimum Gasteiger partial charge on any atom is -0.356 e. The maximum Gasteiger partial charge on any atom is 0.219 e. The monoisotopic (exact) mass is 620 g/mol. The number of carbonyl (C=O) groups is 1. The molecular formula is C42H85NO. The molecule has 264 valence electrons. The highest BCUT2D eigenvalue weighted by atomic mass is 16.1. The minimum atomic E-state index is 0.281. The maximum absolute atomic E-state index is 12.1. The van der Waals surface area contributed by atoms with Gasteiger partial charge >= 0.3 is 0 Å². The van der Waals surface area contributed by atoms with Gasteiger partial charge in [0, 0.05) is 13.0 Å². The van der Waals surface area contributed by atoms with Crippen molar-refractivity contribution < 1.29 is 4.79 Å². The maximum atomic E-state index is 12.1. The highest BCUT2D eigenvalue weighted by Crippen LogP contribution is 2.16. The zero-order valence-electron chi connectivity index (χ0n) is 31.0. The van der Waals surface area contributed by atoms with Crippen molar-refractivity contribution in [3.05, 3.63) is 0 Å². The molecule has 0 radical (unpaired) electrons. The predicted molar refractivity (Wildman–Crippen MR) is 200 cm³/mol. The molecule has 1 amide bonds. The van der Waals surface area contributed by atoms with E-state index in [4.69, 9.17) is 0 Å². The molecule has 0 atom stereocenters. The average molecular weight is 620 g/mol. The van der Waals surface area contributed by atoms with Gasteiger partial charge in [0.15, 0.2) is 0 Å². The van der Waals surface area contributed by atoms with Gasteiger partial charge in [0.2, 0.25) is 5.91 Å². The number of hydrogen-bond acceptors (Lipinski definition) is 1. The van der Waals surface area contributed by atoms with E-state index >= 15 is 0 Å². The number of rotatable bonds is 39. The Morgan fingerprint density at radius 3 is 0.750 bits per heavy atom. The number of carbonyl (C=O) groups excluding carboxylic acids is 1. The van der Waals surface area contributed by atoms with Crippen LogP contribution in [0.3, 0.4) is 0 Å². The van der Waals surface area contributed by atoms with Crippen molar-refractivity contribution in [2.24, 2.45) is 0 Å². The molecule has 0 aliphatic carbocycles. The highest BCUT2D eigenvalue weighted by molar-refractivity contribution is 5.75. The van der Waals surface area contributed by atoms with E-state index in [0.717, 1.165) is 25.8 Å². The number of unbranched alkanes of at least 4 members (excludes halogenated alkanes) is 35. The summed E-state index contributed by atoms with van der Waals surface area (Å²) < 4.78 is 0. The zero-order valence-corrected chi connectivity index (χ0v) is 31.0. The van der Waals surface area contributed by atoms with Crippen LogP contribution in [-0.2, 0) is 4.79 Å².